The lowest BCUT2D eigenvalue weighted by Crippen LogP contribution is -2.29. The third-order valence-electron chi connectivity index (χ3n) is 3.98. The summed E-state index contributed by atoms with van der Waals surface area (Å²) in [5.41, 5.74) is 2.50. The summed E-state index contributed by atoms with van der Waals surface area (Å²) in [7, 11) is 0. The molecule has 3 heteroatoms. The van der Waals surface area contributed by atoms with Crippen molar-refractivity contribution in [3.63, 3.8) is 0 Å². The molecule has 2 rings (SSSR count). The van der Waals surface area contributed by atoms with Crippen LogP contribution in [0.3, 0.4) is 0 Å². The number of hydrogen-bond acceptors (Lipinski definition) is 3. The molecule has 21 heavy (non-hydrogen) atoms. The van der Waals surface area contributed by atoms with Crippen LogP contribution in [0.2, 0.25) is 0 Å². The Morgan fingerprint density at radius 2 is 2.10 bits per heavy atom. The van der Waals surface area contributed by atoms with Crippen LogP contribution < -0.4 is 10.2 Å². The molecular weight excluding hydrogens is 258 g/mol. The van der Waals surface area contributed by atoms with Crippen molar-refractivity contribution in [2.45, 2.75) is 66.0 Å². The molecule has 1 aromatic heterocycles. The quantitative estimate of drug-likeness (QED) is 0.699. The highest BCUT2D eigenvalue weighted by atomic mass is 15.2. The van der Waals surface area contributed by atoms with Crippen molar-refractivity contribution in [3.8, 4) is 0 Å². The number of nitrogens with one attached hydrogen (secondary N) is 1. The van der Waals surface area contributed by atoms with Crippen molar-refractivity contribution in [2.24, 2.45) is 5.92 Å². The normalized spacial score (nSPS) is 14.7. The van der Waals surface area contributed by atoms with Crippen LogP contribution in [-0.2, 0) is 6.54 Å². The Morgan fingerprint density at radius 1 is 1.33 bits per heavy atom. The van der Waals surface area contributed by atoms with Crippen molar-refractivity contribution in [1.82, 2.24) is 10.3 Å². The van der Waals surface area contributed by atoms with E-state index in [0.29, 0.717) is 0 Å². The average Bonchev–Trinajstić information content (AvgIpc) is 3.23. The largest absolute Gasteiger partial charge is 0.354 e. The predicted octanol–water partition coefficient (Wildman–Crippen LogP) is 3.90. The van der Waals surface area contributed by atoms with Gasteiger partial charge in [0.25, 0.3) is 0 Å². The van der Waals surface area contributed by atoms with Crippen LogP contribution in [0.15, 0.2) is 12.1 Å². The van der Waals surface area contributed by atoms with Crippen LogP contribution in [0.1, 0.15) is 57.7 Å². The van der Waals surface area contributed by atoms with E-state index in [1.165, 1.54) is 37.1 Å². The number of rotatable bonds is 9. The molecule has 1 aliphatic carbocycles. The molecule has 1 aliphatic rings. The van der Waals surface area contributed by atoms with Gasteiger partial charge in [-0.2, -0.15) is 0 Å². The van der Waals surface area contributed by atoms with Crippen LogP contribution in [0, 0.1) is 12.8 Å². The summed E-state index contributed by atoms with van der Waals surface area (Å²) in [6, 6.07) is 5.23. The zero-order chi connectivity index (χ0) is 15.2. The summed E-state index contributed by atoms with van der Waals surface area (Å²) >= 11 is 0. The minimum Gasteiger partial charge on any atom is -0.354 e. The van der Waals surface area contributed by atoms with Gasteiger partial charge in [0.1, 0.15) is 5.82 Å². The van der Waals surface area contributed by atoms with E-state index in [4.69, 9.17) is 4.98 Å². The summed E-state index contributed by atoms with van der Waals surface area (Å²) in [5, 5.41) is 3.49. The maximum absolute atomic E-state index is 4.80. The maximum Gasteiger partial charge on any atom is 0.129 e. The van der Waals surface area contributed by atoms with Gasteiger partial charge in [-0.3, -0.25) is 0 Å². The summed E-state index contributed by atoms with van der Waals surface area (Å²) in [4.78, 5) is 7.34. The first-order chi connectivity index (χ1) is 10.1. The van der Waals surface area contributed by atoms with Crippen LogP contribution >= 0.6 is 0 Å². The van der Waals surface area contributed by atoms with Crippen LogP contribution in [0.5, 0.6) is 0 Å². The molecule has 0 bridgehead atoms. The number of aromatic nitrogens is 1. The summed E-state index contributed by atoms with van der Waals surface area (Å²) in [5.74, 6) is 1.94. The Balaban J connectivity index is 2.07. The van der Waals surface area contributed by atoms with Crippen molar-refractivity contribution < 1.29 is 0 Å². The van der Waals surface area contributed by atoms with E-state index < -0.39 is 0 Å². The molecule has 1 aromatic rings. The van der Waals surface area contributed by atoms with Gasteiger partial charge in [-0.15, -0.1) is 0 Å². The number of anilines is 1. The lowest BCUT2D eigenvalue weighted by Gasteiger charge is -2.25. The molecule has 0 radical (unpaired) electrons. The summed E-state index contributed by atoms with van der Waals surface area (Å²) in [6.45, 7) is 12.1. The van der Waals surface area contributed by atoms with Crippen molar-refractivity contribution in [2.75, 3.05) is 18.0 Å². The van der Waals surface area contributed by atoms with E-state index in [2.05, 4.69) is 50.0 Å². The molecule has 3 nitrogen and oxygen atoms in total. The van der Waals surface area contributed by atoms with Gasteiger partial charge in [0.2, 0.25) is 0 Å². The van der Waals surface area contributed by atoms with Gasteiger partial charge >= 0.3 is 0 Å². The minimum atomic E-state index is 0.731. The smallest absolute Gasteiger partial charge is 0.129 e. The van der Waals surface area contributed by atoms with Gasteiger partial charge in [-0.25, -0.2) is 4.98 Å². The summed E-state index contributed by atoms with van der Waals surface area (Å²) in [6.07, 6.45) is 5.09. The Kier molecular flexibility index (Phi) is 6.04. The molecule has 118 valence electrons. The molecule has 1 N–H and O–H groups in total. The van der Waals surface area contributed by atoms with E-state index >= 15 is 0 Å². The van der Waals surface area contributed by atoms with Gasteiger partial charge < -0.3 is 10.2 Å². The SMILES string of the molecule is CCCNCc1cc(C)nc(N(CCC(C)C)C2CC2)c1. The molecule has 0 atom stereocenters. The monoisotopic (exact) mass is 289 g/mol. The molecule has 1 saturated carbocycles. The number of nitrogens with zero attached hydrogens (tertiary/aromatic N) is 2. The van der Waals surface area contributed by atoms with E-state index in [1.54, 1.807) is 0 Å². The van der Waals surface area contributed by atoms with Crippen molar-refractivity contribution in [3.05, 3.63) is 23.4 Å². The second-order valence-electron chi connectivity index (χ2n) is 6.76. The highest BCUT2D eigenvalue weighted by molar-refractivity contribution is 5.45. The molecular formula is C18H31N3. The lowest BCUT2D eigenvalue weighted by molar-refractivity contribution is 0.568. The second kappa shape index (κ2) is 7.79. The summed E-state index contributed by atoms with van der Waals surface area (Å²) < 4.78 is 0. The number of hydrogen-bond donors (Lipinski definition) is 1. The van der Waals surface area contributed by atoms with Crippen molar-refractivity contribution >= 4 is 5.82 Å². The highest BCUT2D eigenvalue weighted by Crippen LogP contribution is 2.31. The van der Waals surface area contributed by atoms with Crippen LogP contribution in [-0.4, -0.2) is 24.1 Å². The first kappa shape index (κ1) is 16.3. The predicted molar refractivity (Wildman–Crippen MR) is 90.8 cm³/mol. The standard InChI is InChI=1S/C18H31N3/c1-5-9-19-13-16-11-15(4)20-18(12-16)21(17-6-7-17)10-8-14(2)3/h11-12,14,17,19H,5-10,13H2,1-4H3. The Hall–Kier alpha value is -1.09. The second-order valence-corrected chi connectivity index (χ2v) is 6.76. The molecule has 0 amide bonds. The number of aryl methyl sites for hydroxylation is 1. The van der Waals surface area contributed by atoms with E-state index in [1.807, 2.05) is 0 Å². The zero-order valence-corrected chi connectivity index (χ0v) is 14.2. The van der Waals surface area contributed by atoms with Gasteiger partial charge in [-0.1, -0.05) is 20.8 Å². The molecule has 0 aliphatic heterocycles. The third kappa shape index (κ3) is 5.31. The molecule has 1 heterocycles. The Bertz CT molecular complexity index is 438. The molecule has 0 saturated heterocycles. The fourth-order valence-electron chi connectivity index (χ4n) is 2.65. The average molecular weight is 289 g/mol. The van der Waals surface area contributed by atoms with Crippen LogP contribution in [0.4, 0.5) is 5.82 Å². The fraction of sp³-hybridized carbons (Fsp3) is 0.722. The van der Waals surface area contributed by atoms with E-state index in [-0.39, 0.29) is 0 Å². The first-order valence-corrected chi connectivity index (χ1v) is 8.55. The molecule has 0 unspecified atom stereocenters. The van der Waals surface area contributed by atoms with Gasteiger partial charge in [0, 0.05) is 24.8 Å². The topological polar surface area (TPSA) is 28.2 Å². The highest BCUT2D eigenvalue weighted by Gasteiger charge is 2.30. The maximum atomic E-state index is 4.80. The molecule has 0 spiro atoms. The Morgan fingerprint density at radius 3 is 2.71 bits per heavy atom. The minimum absolute atomic E-state index is 0.731. The third-order valence-corrected chi connectivity index (χ3v) is 3.98. The fourth-order valence-corrected chi connectivity index (χ4v) is 2.65. The number of pyridine rings is 1. The van der Waals surface area contributed by atoms with Gasteiger partial charge in [0.15, 0.2) is 0 Å². The van der Waals surface area contributed by atoms with Crippen molar-refractivity contribution in [1.29, 1.82) is 0 Å². The van der Waals surface area contributed by atoms with E-state index in [0.717, 1.165) is 37.3 Å². The molecule has 0 aromatic carbocycles. The van der Waals surface area contributed by atoms with E-state index in [9.17, 15) is 0 Å². The first-order valence-electron chi connectivity index (χ1n) is 8.55. The van der Waals surface area contributed by atoms with Gasteiger partial charge in [-0.05, 0) is 62.8 Å². The zero-order valence-electron chi connectivity index (χ0n) is 14.2. The molecule has 1 fully saturated rings. The Labute approximate surface area is 130 Å². The lowest BCUT2D eigenvalue weighted by atomic mass is 10.1. The van der Waals surface area contributed by atoms with Gasteiger partial charge in [0.05, 0.1) is 0 Å². The van der Waals surface area contributed by atoms with Crippen LogP contribution in [0.25, 0.3) is 0 Å².